The fourth-order valence-corrected chi connectivity index (χ4v) is 4.39. The molecule has 0 aliphatic rings. The SMILES string of the molecule is CCCC(NC)C(CC)S(=O)c1cc(C)ccc1C. The lowest BCUT2D eigenvalue weighted by Crippen LogP contribution is -2.40. The van der Waals surface area contributed by atoms with Crippen molar-refractivity contribution in [2.75, 3.05) is 7.05 Å². The van der Waals surface area contributed by atoms with Crippen LogP contribution in [0.5, 0.6) is 0 Å². The van der Waals surface area contributed by atoms with Crippen LogP contribution in [0.25, 0.3) is 0 Å². The Hall–Kier alpha value is -0.670. The summed E-state index contributed by atoms with van der Waals surface area (Å²) in [5, 5.41) is 3.53. The molecular weight excluding hydrogens is 254 g/mol. The van der Waals surface area contributed by atoms with Gasteiger partial charge in [-0.3, -0.25) is 4.21 Å². The maximum absolute atomic E-state index is 12.9. The van der Waals surface area contributed by atoms with E-state index in [-0.39, 0.29) is 5.25 Å². The molecular formula is C16H27NOS. The first-order valence-corrected chi connectivity index (χ1v) is 8.41. The lowest BCUT2D eigenvalue weighted by atomic mass is 10.1. The number of hydrogen-bond acceptors (Lipinski definition) is 2. The highest BCUT2D eigenvalue weighted by Crippen LogP contribution is 2.23. The van der Waals surface area contributed by atoms with E-state index in [0.29, 0.717) is 6.04 Å². The summed E-state index contributed by atoms with van der Waals surface area (Å²) in [7, 11) is 1.04. The average molecular weight is 281 g/mol. The Kier molecular flexibility index (Phi) is 6.73. The highest BCUT2D eigenvalue weighted by atomic mass is 32.2. The van der Waals surface area contributed by atoms with Crippen LogP contribution >= 0.6 is 0 Å². The predicted molar refractivity (Wildman–Crippen MR) is 84.2 cm³/mol. The zero-order valence-electron chi connectivity index (χ0n) is 12.8. The molecule has 0 fully saturated rings. The van der Waals surface area contributed by atoms with Gasteiger partial charge in [0.15, 0.2) is 0 Å². The van der Waals surface area contributed by atoms with Crippen molar-refractivity contribution >= 4 is 10.8 Å². The molecule has 0 spiro atoms. The normalized spacial score (nSPS) is 16.1. The smallest absolute Gasteiger partial charge is 0.0579 e. The third kappa shape index (κ3) is 4.15. The van der Waals surface area contributed by atoms with Gasteiger partial charge < -0.3 is 5.32 Å². The van der Waals surface area contributed by atoms with Crippen LogP contribution in [0.3, 0.4) is 0 Å². The van der Waals surface area contributed by atoms with Crippen molar-refractivity contribution in [3.05, 3.63) is 29.3 Å². The fraction of sp³-hybridized carbons (Fsp3) is 0.625. The van der Waals surface area contributed by atoms with Gasteiger partial charge in [-0.2, -0.15) is 0 Å². The zero-order valence-corrected chi connectivity index (χ0v) is 13.6. The summed E-state index contributed by atoms with van der Waals surface area (Å²) in [4.78, 5) is 1.00. The van der Waals surface area contributed by atoms with Gasteiger partial charge in [0.25, 0.3) is 0 Å². The first kappa shape index (κ1) is 16.4. The molecule has 0 heterocycles. The fourth-order valence-electron chi connectivity index (χ4n) is 2.50. The molecule has 3 unspecified atom stereocenters. The molecule has 2 nitrogen and oxygen atoms in total. The number of benzene rings is 1. The van der Waals surface area contributed by atoms with E-state index in [0.717, 1.165) is 29.7 Å². The molecule has 0 bridgehead atoms. The standard InChI is InChI=1S/C16H27NOS/c1-6-8-14(17-5)15(7-2)19(18)16-11-12(3)9-10-13(16)4/h9-11,14-15,17H,6-8H2,1-5H3. The van der Waals surface area contributed by atoms with Gasteiger partial charge in [-0.1, -0.05) is 32.4 Å². The summed E-state index contributed by atoms with van der Waals surface area (Å²) in [6.07, 6.45) is 3.13. The van der Waals surface area contributed by atoms with Crippen LogP contribution in [0.4, 0.5) is 0 Å². The van der Waals surface area contributed by atoms with E-state index >= 15 is 0 Å². The molecule has 1 N–H and O–H groups in total. The molecule has 1 aromatic rings. The van der Waals surface area contributed by atoms with Crippen molar-refractivity contribution in [3.63, 3.8) is 0 Å². The van der Waals surface area contributed by atoms with Crippen LogP contribution in [-0.4, -0.2) is 22.5 Å². The minimum absolute atomic E-state index is 0.186. The van der Waals surface area contributed by atoms with Crippen molar-refractivity contribution in [1.82, 2.24) is 5.32 Å². The first-order valence-electron chi connectivity index (χ1n) is 7.20. The summed E-state index contributed by atoms with van der Waals surface area (Å²) >= 11 is 0. The molecule has 1 aromatic carbocycles. The van der Waals surface area contributed by atoms with Gasteiger partial charge in [-0.05, 0) is 50.9 Å². The molecule has 0 saturated heterocycles. The molecule has 3 heteroatoms. The van der Waals surface area contributed by atoms with E-state index in [1.54, 1.807) is 0 Å². The first-order chi connectivity index (χ1) is 9.04. The van der Waals surface area contributed by atoms with Gasteiger partial charge in [0.1, 0.15) is 0 Å². The van der Waals surface area contributed by atoms with E-state index in [1.165, 1.54) is 5.56 Å². The Morgan fingerprint density at radius 3 is 2.47 bits per heavy atom. The van der Waals surface area contributed by atoms with Crippen molar-refractivity contribution in [3.8, 4) is 0 Å². The minimum Gasteiger partial charge on any atom is -0.316 e. The maximum atomic E-state index is 12.9. The lowest BCUT2D eigenvalue weighted by Gasteiger charge is -2.25. The summed E-state index contributed by atoms with van der Waals surface area (Å²) in [6, 6.07) is 6.56. The van der Waals surface area contributed by atoms with Crippen LogP contribution in [0, 0.1) is 13.8 Å². The zero-order chi connectivity index (χ0) is 14.4. The quantitative estimate of drug-likeness (QED) is 0.827. The molecule has 0 amide bonds. The molecule has 1 rings (SSSR count). The topological polar surface area (TPSA) is 29.1 Å². The van der Waals surface area contributed by atoms with Crippen LogP contribution in [-0.2, 0) is 10.8 Å². The molecule has 0 radical (unpaired) electrons. The molecule has 0 saturated carbocycles. The van der Waals surface area contributed by atoms with E-state index in [9.17, 15) is 4.21 Å². The van der Waals surface area contributed by atoms with E-state index in [2.05, 4.69) is 44.3 Å². The third-order valence-corrected chi connectivity index (χ3v) is 5.74. The van der Waals surface area contributed by atoms with Crippen LogP contribution in [0.2, 0.25) is 0 Å². The largest absolute Gasteiger partial charge is 0.316 e. The van der Waals surface area contributed by atoms with Gasteiger partial charge in [0.05, 0.1) is 16.0 Å². The maximum Gasteiger partial charge on any atom is 0.0579 e. The summed E-state index contributed by atoms with van der Waals surface area (Å²) in [5.41, 5.74) is 2.31. The van der Waals surface area contributed by atoms with Crippen LogP contribution in [0.15, 0.2) is 23.1 Å². The predicted octanol–water partition coefficient (Wildman–Crippen LogP) is 3.58. The number of aryl methyl sites for hydroxylation is 2. The minimum atomic E-state index is -0.937. The van der Waals surface area contributed by atoms with Crippen LogP contribution in [0.1, 0.15) is 44.2 Å². The lowest BCUT2D eigenvalue weighted by molar-refractivity contribution is 0.480. The van der Waals surface area contributed by atoms with Crippen molar-refractivity contribution < 1.29 is 4.21 Å². The van der Waals surface area contributed by atoms with Crippen LogP contribution < -0.4 is 5.32 Å². The van der Waals surface area contributed by atoms with Crippen molar-refractivity contribution in [2.45, 2.75) is 63.1 Å². The third-order valence-electron chi connectivity index (χ3n) is 3.66. The van der Waals surface area contributed by atoms with Gasteiger partial charge >= 0.3 is 0 Å². The second-order valence-corrected chi connectivity index (χ2v) is 6.84. The second-order valence-electron chi connectivity index (χ2n) is 5.20. The van der Waals surface area contributed by atoms with E-state index in [1.807, 2.05) is 14.0 Å². The highest BCUT2D eigenvalue weighted by Gasteiger charge is 2.25. The Bertz CT molecular complexity index is 431. The molecule has 108 valence electrons. The Morgan fingerprint density at radius 2 is 1.95 bits per heavy atom. The van der Waals surface area contributed by atoms with Gasteiger partial charge in [-0.25, -0.2) is 0 Å². The molecule has 0 aliphatic heterocycles. The van der Waals surface area contributed by atoms with Gasteiger partial charge in [-0.15, -0.1) is 0 Å². The Labute approximate surface area is 120 Å². The monoisotopic (exact) mass is 281 g/mol. The van der Waals surface area contributed by atoms with Gasteiger partial charge in [0.2, 0.25) is 0 Å². The summed E-state index contributed by atoms with van der Waals surface area (Å²) in [6.45, 7) is 8.42. The van der Waals surface area contributed by atoms with Gasteiger partial charge in [0, 0.05) is 10.9 Å². The average Bonchev–Trinajstić information content (AvgIpc) is 2.41. The number of hydrogen-bond donors (Lipinski definition) is 1. The molecule has 0 aromatic heterocycles. The Balaban J connectivity index is 3.03. The van der Waals surface area contributed by atoms with Crippen molar-refractivity contribution in [1.29, 1.82) is 0 Å². The highest BCUT2D eigenvalue weighted by molar-refractivity contribution is 7.85. The van der Waals surface area contributed by atoms with E-state index < -0.39 is 10.8 Å². The van der Waals surface area contributed by atoms with Crippen molar-refractivity contribution in [2.24, 2.45) is 0 Å². The molecule has 0 aliphatic carbocycles. The second kappa shape index (κ2) is 7.81. The molecule has 3 atom stereocenters. The number of nitrogens with one attached hydrogen (secondary N) is 1. The Morgan fingerprint density at radius 1 is 1.26 bits per heavy atom. The summed E-state index contributed by atoms with van der Waals surface area (Å²) < 4.78 is 12.9. The van der Waals surface area contributed by atoms with E-state index in [4.69, 9.17) is 0 Å². The number of rotatable bonds is 7. The summed E-state index contributed by atoms with van der Waals surface area (Å²) in [5.74, 6) is 0. The molecule has 19 heavy (non-hydrogen) atoms.